The molecule has 0 saturated carbocycles. The van der Waals surface area contributed by atoms with Gasteiger partial charge in [-0.15, -0.1) is 0 Å². The second kappa shape index (κ2) is 6.43. The number of ether oxygens (including phenoxy) is 1. The van der Waals surface area contributed by atoms with Gasteiger partial charge in [-0.1, -0.05) is 35.3 Å². The van der Waals surface area contributed by atoms with E-state index in [0.29, 0.717) is 16.0 Å². The number of fused-ring (bicyclic) bond motifs is 1. The van der Waals surface area contributed by atoms with Gasteiger partial charge in [-0.05, 0) is 42.0 Å². The van der Waals surface area contributed by atoms with Crippen molar-refractivity contribution in [2.75, 3.05) is 12.4 Å². The predicted octanol–water partition coefficient (Wildman–Crippen LogP) is 4.65. The Hall–Kier alpha value is -2.50. The molecule has 2 heterocycles. The van der Waals surface area contributed by atoms with Crippen LogP contribution >= 0.6 is 23.2 Å². The van der Waals surface area contributed by atoms with Crippen LogP contribution in [0.15, 0.2) is 54.9 Å². The normalized spacial score (nSPS) is 16.0. The average molecular weight is 373 g/mol. The molecule has 2 aromatic carbocycles. The summed E-state index contributed by atoms with van der Waals surface area (Å²) in [5.41, 5.74) is 2.75. The molecule has 1 atom stereocenters. The standard InChI is InChI=1S/C18H14Cl2N4O/c1-25-13-4-2-3-11(7-13)17-9-16(23-18-21-10-22-24(17)18)14-6-5-12(19)8-15(14)20/h2-10,17H,1H3,(H,21,22,23)/t17-/m0/s1. The van der Waals surface area contributed by atoms with E-state index in [9.17, 15) is 0 Å². The monoisotopic (exact) mass is 372 g/mol. The quantitative estimate of drug-likeness (QED) is 0.726. The molecule has 3 aromatic rings. The molecule has 0 amide bonds. The first-order valence-electron chi connectivity index (χ1n) is 7.63. The molecule has 0 saturated heterocycles. The molecule has 0 fully saturated rings. The average Bonchev–Trinajstić information content (AvgIpc) is 3.09. The minimum absolute atomic E-state index is 0.129. The van der Waals surface area contributed by atoms with Gasteiger partial charge in [0.05, 0.1) is 12.1 Å². The summed E-state index contributed by atoms with van der Waals surface area (Å²) in [5.74, 6) is 1.44. The Kier molecular flexibility index (Phi) is 4.11. The van der Waals surface area contributed by atoms with Crippen molar-refractivity contribution in [2.45, 2.75) is 6.04 Å². The molecule has 0 unspecified atom stereocenters. The van der Waals surface area contributed by atoms with Crippen molar-refractivity contribution < 1.29 is 4.74 Å². The lowest BCUT2D eigenvalue weighted by molar-refractivity contribution is 0.413. The summed E-state index contributed by atoms with van der Waals surface area (Å²) in [6.45, 7) is 0. The molecule has 0 radical (unpaired) electrons. The number of hydrogen-bond donors (Lipinski definition) is 1. The Morgan fingerprint density at radius 2 is 2.04 bits per heavy atom. The van der Waals surface area contributed by atoms with E-state index in [1.807, 2.05) is 41.1 Å². The van der Waals surface area contributed by atoms with Gasteiger partial charge in [0.2, 0.25) is 5.95 Å². The lowest BCUT2D eigenvalue weighted by Crippen LogP contribution is -2.20. The van der Waals surface area contributed by atoms with Crippen molar-refractivity contribution in [2.24, 2.45) is 0 Å². The number of nitrogens with zero attached hydrogens (tertiary/aromatic N) is 3. The maximum absolute atomic E-state index is 6.38. The van der Waals surface area contributed by atoms with Crippen molar-refractivity contribution in [1.29, 1.82) is 0 Å². The summed E-state index contributed by atoms with van der Waals surface area (Å²) in [7, 11) is 1.65. The fraction of sp³-hybridized carbons (Fsp3) is 0.111. The number of methoxy groups -OCH3 is 1. The van der Waals surface area contributed by atoms with E-state index >= 15 is 0 Å². The molecule has 25 heavy (non-hydrogen) atoms. The molecule has 5 nitrogen and oxygen atoms in total. The lowest BCUT2D eigenvalue weighted by atomic mass is 10.0. The second-order valence-electron chi connectivity index (χ2n) is 5.58. The highest BCUT2D eigenvalue weighted by atomic mass is 35.5. The molecule has 1 N–H and O–H groups in total. The first-order chi connectivity index (χ1) is 12.2. The number of hydrogen-bond acceptors (Lipinski definition) is 4. The molecule has 7 heteroatoms. The van der Waals surface area contributed by atoms with Crippen LogP contribution in [0.4, 0.5) is 5.95 Å². The van der Waals surface area contributed by atoms with Gasteiger partial charge < -0.3 is 10.1 Å². The first kappa shape index (κ1) is 16.0. The van der Waals surface area contributed by atoms with Crippen molar-refractivity contribution in [3.8, 4) is 5.75 Å². The number of nitrogens with one attached hydrogen (secondary N) is 1. The minimum atomic E-state index is -0.129. The fourth-order valence-electron chi connectivity index (χ4n) is 2.86. The van der Waals surface area contributed by atoms with E-state index < -0.39 is 0 Å². The second-order valence-corrected chi connectivity index (χ2v) is 6.42. The molecule has 0 aliphatic carbocycles. The molecule has 4 rings (SSSR count). The number of rotatable bonds is 3. The summed E-state index contributed by atoms with van der Waals surface area (Å²) in [5, 5.41) is 8.78. The summed E-state index contributed by atoms with van der Waals surface area (Å²) in [4.78, 5) is 4.30. The van der Waals surface area contributed by atoms with Gasteiger partial charge in [-0.25, -0.2) is 4.68 Å². The van der Waals surface area contributed by atoms with E-state index in [4.69, 9.17) is 27.9 Å². The van der Waals surface area contributed by atoms with E-state index in [-0.39, 0.29) is 6.04 Å². The maximum Gasteiger partial charge on any atom is 0.226 e. The zero-order valence-electron chi connectivity index (χ0n) is 13.3. The number of anilines is 1. The smallest absolute Gasteiger partial charge is 0.226 e. The highest BCUT2D eigenvalue weighted by Crippen LogP contribution is 2.35. The van der Waals surface area contributed by atoms with E-state index in [1.165, 1.54) is 6.33 Å². The summed E-state index contributed by atoms with van der Waals surface area (Å²) >= 11 is 12.4. The summed E-state index contributed by atoms with van der Waals surface area (Å²) in [6.07, 6.45) is 3.58. The molecule has 1 aliphatic rings. The molecular weight excluding hydrogens is 359 g/mol. The summed E-state index contributed by atoms with van der Waals surface area (Å²) < 4.78 is 7.16. The number of benzene rings is 2. The number of halogens is 2. The minimum Gasteiger partial charge on any atom is -0.497 e. The lowest BCUT2D eigenvalue weighted by Gasteiger charge is -2.25. The van der Waals surface area contributed by atoms with Crippen LogP contribution in [0.1, 0.15) is 17.2 Å². The Morgan fingerprint density at radius 3 is 2.84 bits per heavy atom. The first-order valence-corrected chi connectivity index (χ1v) is 8.39. The SMILES string of the molecule is COc1cccc([C@@H]2C=C(c3ccc(Cl)cc3Cl)Nc3ncnn32)c1. The van der Waals surface area contributed by atoms with Gasteiger partial charge >= 0.3 is 0 Å². The van der Waals surface area contributed by atoms with Crippen LogP contribution in [0.5, 0.6) is 5.75 Å². The van der Waals surface area contributed by atoms with E-state index in [1.54, 1.807) is 13.2 Å². The van der Waals surface area contributed by atoms with Crippen LogP contribution in [0.25, 0.3) is 5.70 Å². The summed E-state index contributed by atoms with van der Waals surface area (Å²) in [6, 6.07) is 13.2. The van der Waals surface area contributed by atoms with E-state index in [0.717, 1.165) is 22.6 Å². The van der Waals surface area contributed by atoms with Crippen LogP contribution in [-0.2, 0) is 0 Å². The molecule has 1 aliphatic heterocycles. The molecule has 0 bridgehead atoms. The third kappa shape index (κ3) is 2.97. The molecule has 1 aromatic heterocycles. The Bertz CT molecular complexity index is 967. The maximum atomic E-state index is 6.38. The number of allylic oxidation sites excluding steroid dienone is 1. The van der Waals surface area contributed by atoms with Crippen LogP contribution in [-0.4, -0.2) is 21.9 Å². The highest BCUT2D eigenvalue weighted by molar-refractivity contribution is 6.35. The third-order valence-corrected chi connectivity index (χ3v) is 4.61. The molecular formula is C18H14Cl2N4O. The van der Waals surface area contributed by atoms with Crippen molar-refractivity contribution in [3.63, 3.8) is 0 Å². The topological polar surface area (TPSA) is 52.0 Å². The van der Waals surface area contributed by atoms with Crippen LogP contribution < -0.4 is 10.1 Å². The molecule has 0 spiro atoms. The van der Waals surface area contributed by atoms with Crippen LogP contribution in [0, 0.1) is 0 Å². The Morgan fingerprint density at radius 1 is 1.16 bits per heavy atom. The van der Waals surface area contributed by atoms with Gasteiger partial charge in [-0.2, -0.15) is 10.1 Å². The van der Waals surface area contributed by atoms with Crippen LogP contribution in [0.3, 0.4) is 0 Å². The number of aromatic nitrogens is 3. The van der Waals surface area contributed by atoms with Gasteiger partial charge in [0.25, 0.3) is 0 Å². The van der Waals surface area contributed by atoms with Crippen molar-refractivity contribution in [1.82, 2.24) is 14.8 Å². The fourth-order valence-corrected chi connectivity index (χ4v) is 3.37. The third-order valence-electron chi connectivity index (χ3n) is 4.06. The van der Waals surface area contributed by atoms with Crippen molar-refractivity contribution in [3.05, 3.63) is 76.0 Å². The van der Waals surface area contributed by atoms with Crippen LogP contribution in [0.2, 0.25) is 10.0 Å². The Labute approximate surface area is 154 Å². The highest BCUT2D eigenvalue weighted by Gasteiger charge is 2.24. The predicted molar refractivity (Wildman–Crippen MR) is 99.2 cm³/mol. The Balaban J connectivity index is 1.83. The van der Waals surface area contributed by atoms with E-state index in [2.05, 4.69) is 21.5 Å². The van der Waals surface area contributed by atoms with Gasteiger partial charge in [0.1, 0.15) is 18.1 Å². The van der Waals surface area contributed by atoms with Gasteiger partial charge in [0.15, 0.2) is 0 Å². The zero-order valence-corrected chi connectivity index (χ0v) is 14.8. The van der Waals surface area contributed by atoms with Gasteiger partial charge in [0, 0.05) is 16.3 Å². The molecule has 126 valence electrons. The van der Waals surface area contributed by atoms with Gasteiger partial charge in [-0.3, -0.25) is 0 Å². The largest absolute Gasteiger partial charge is 0.497 e. The van der Waals surface area contributed by atoms with Crippen molar-refractivity contribution >= 4 is 34.8 Å². The zero-order chi connectivity index (χ0) is 17.4.